The SMILES string of the molecule is CC(=O)NC1C(O)C(O)OC(CO)C1O. The lowest BCUT2D eigenvalue weighted by Crippen LogP contribution is -2.64. The van der Waals surface area contributed by atoms with Gasteiger partial charge in [0.2, 0.25) is 5.91 Å². The Kier molecular flexibility index (Phi) is 4.00. The molecule has 0 saturated carbocycles. The van der Waals surface area contributed by atoms with E-state index in [1.807, 2.05) is 0 Å². The average molecular weight is 221 g/mol. The molecule has 88 valence electrons. The summed E-state index contributed by atoms with van der Waals surface area (Å²) in [5.74, 6) is -0.455. The van der Waals surface area contributed by atoms with Crippen molar-refractivity contribution in [2.45, 2.75) is 37.6 Å². The first-order valence-electron chi connectivity index (χ1n) is 4.55. The fourth-order valence-corrected chi connectivity index (χ4v) is 1.51. The first-order valence-corrected chi connectivity index (χ1v) is 4.55. The molecule has 1 amide bonds. The molecule has 5 N–H and O–H groups in total. The molecule has 5 atom stereocenters. The Hall–Kier alpha value is -0.730. The fourth-order valence-electron chi connectivity index (χ4n) is 1.51. The maximum atomic E-state index is 10.8. The molecule has 0 radical (unpaired) electrons. The summed E-state index contributed by atoms with van der Waals surface area (Å²) in [5.41, 5.74) is 0. The van der Waals surface area contributed by atoms with Crippen molar-refractivity contribution in [2.75, 3.05) is 6.61 Å². The van der Waals surface area contributed by atoms with E-state index in [0.717, 1.165) is 0 Å². The molecule has 7 heteroatoms. The highest BCUT2D eigenvalue weighted by molar-refractivity contribution is 5.73. The van der Waals surface area contributed by atoms with Crippen molar-refractivity contribution in [3.05, 3.63) is 0 Å². The lowest BCUT2D eigenvalue weighted by Gasteiger charge is -2.40. The van der Waals surface area contributed by atoms with Crippen LogP contribution in [0, 0.1) is 0 Å². The number of ether oxygens (including phenoxy) is 1. The van der Waals surface area contributed by atoms with Crippen LogP contribution in [0.2, 0.25) is 0 Å². The Morgan fingerprint density at radius 2 is 1.93 bits per heavy atom. The van der Waals surface area contributed by atoms with Crippen molar-refractivity contribution in [1.82, 2.24) is 5.32 Å². The smallest absolute Gasteiger partial charge is 0.217 e. The van der Waals surface area contributed by atoms with Crippen LogP contribution in [0.1, 0.15) is 6.92 Å². The van der Waals surface area contributed by atoms with Crippen molar-refractivity contribution in [3.8, 4) is 0 Å². The highest BCUT2D eigenvalue weighted by Gasteiger charge is 2.43. The van der Waals surface area contributed by atoms with Gasteiger partial charge in [-0.25, -0.2) is 0 Å². The summed E-state index contributed by atoms with van der Waals surface area (Å²) in [6.45, 7) is 0.705. The molecule has 1 fully saturated rings. The quantitative estimate of drug-likeness (QED) is 0.337. The Morgan fingerprint density at radius 1 is 1.33 bits per heavy atom. The summed E-state index contributed by atoms with van der Waals surface area (Å²) >= 11 is 0. The number of hydrogen-bond acceptors (Lipinski definition) is 6. The van der Waals surface area contributed by atoms with Crippen molar-refractivity contribution >= 4 is 5.91 Å². The molecule has 5 unspecified atom stereocenters. The van der Waals surface area contributed by atoms with Gasteiger partial charge in [-0.05, 0) is 0 Å². The number of aliphatic hydroxyl groups excluding tert-OH is 4. The van der Waals surface area contributed by atoms with Crippen molar-refractivity contribution < 1.29 is 30.0 Å². The normalized spacial score (nSPS) is 41.3. The molecule has 1 saturated heterocycles. The van der Waals surface area contributed by atoms with Crippen LogP contribution in [0.5, 0.6) is 0 Å². The Labute approximate surface area is 86.3 Å². The minimum absolute atomic E-state index is 0.455. The molecular formula is C8H15NO6. The molecule has 15 heavy (non-hydrogen) atoms. The Morgan fingerprint density at radius 3 is 2.40 bits per heavy atom. The molecule has 0 aliphatic carbocycles. The second-order valence-electron chi connectivity index (χ2n) is 3.46. The van der Waals surface area contributed by atoms with Gasteiger partial charge < -0.3 is 30.5 Å². The van der Waals surface area contributed by atoms with E-state index in [4.69, 9.17) is 9.84 Å². The summed E-state index contributed by atoms with van der Waals surface area (Å²) in [5, 5.41) is 39.4. The lowest BCUT2D eigenvalue weighted by atomic mass is 9.96. The highest BCUT2D eigenvalue weighted by atomic mass is 16.6. The summed E-state index contributed by atoms with van der Waals surface area (Å²) in [6, 6.07) is -1.05. The molecule has 1 heterocycles. The molecule has 1 aliphatic heterocycles. The van der Waals surface area contributed by atoms with E-state index >= 15 is 0 Å². The molecule has 0 aromatic heterocycles. The average Bonchev–Trinajstić information content (AvgIpc) is 2.18. The third-order valence-corrected chi connectivity index (χ3v) is 2.27. The third-order valence-electron chi connectivity index (χ3n) is 2.27. The van der Waals surface area contributed by atoms with Gasteiger partial charge in [-0.2, -0.15) is 0 Å². The minimum atomic E-state index is -1.54. The number of nitrogens with one attached hydrogen (secondary N) is 1. The number of aliphatic hydroxyl groups is 4. The van der Waals surface area contributed by atoms with Gasteiger partial charge in [-0.3, -0.25) is 4.79 Å². The molecule has 1 rings (SSSR count). The van der Waals surface area contributed by atoms with Crippen LogP contribution in [0.4, 0.5) is 0 Å². The lowest BCUT2D eigenvalue weighted by molar-refractivity contribution is -0.261. The van der Waals surface area contributed by atoms with E-state index in [9.17, 15) is 20.1 Å². The molecule has 0 aromatic rings. The van der Waals surface area contributed by atoms with Crippen LogP contribution < -0.4 is 5.32 Å². The standard InChI is InChI=1S/C8H15NO6/c1-3(11)9-5-6(12)4(2-10)15-8(14)7(5)13/h4-8,10,12-14H,2H2,1H3,(H,9,11). The van der Waals surface area contributed by atoms with Gasteiger partial charge in [-0.15, -0.1) is 0 Å². The van der Waals surface area contributed by atoms with Crippen LogP contribution in [0.3, 0.4) is 0 Å². The number of hydrogen-bond donors (Lipinski definition) is 5. The van der Waals surface area contributed by atoms with Gasteiger partial charge in [0.15, 0.2) is 6.29 Å². The zero-order chi connectivity index (χ0) is 11.6. The van der Waals surface area contributed by atoms with Gasteiger partial charge in [0.1, 0.15) is 18.3 Å². The number of carbonyl (C=O) groups excluding carboxylic acids is 1. The fraction of sp³-hybridized carbons (Fsp3) is 0.875. The van der Waals surface area contributed by atoms with E-state index in [0.29, 0.717) is 0 Å². The Balaban J connectivity index is 2.74. The van der Waals surface area contributed by atoms with Gasteiger partial charge in [0.05, 0.1) is 12.6 Å². The molecule has 0 aromatic carbocycles. The maximum absolute atomic E-state index is 10.8. The zero-order valence-corrected chi connectivity index (χ0v) is 8.20. The van der Waals surface area contributed by atoms with E-state index in [-0.39, 0.29) is 0 Å². The predicted molar refractivity (Wildman–Crippen MR) is 47.6 cm³/mol. The Bertz CT molecular complexity index is 235. The summed E-state index contributed by atoms with van der Waals surface area (Å²) in [6.07, 6.45) is -5.26. The van der Waals surface area contributed by atoms with E-state index < -0.39 is 43.2 Å². The number of amides is 1. The zero-order valence-electron chi connectivity index (χ0n) is 8.20. The molecule has 7 nitrogen and oxygen atoms in total. The summed E-state index contributed by atoms with van der Waals surface area (Å²) in [7, 11) is 0. The summed E-state index contributed by atoms with van der Waals surface area (Å²) in [4.78, 5) is 10.8. The van der Waals surface area contributed by atoms with Crippen LogP contribution in [-0.4, -0.2) is 63.6 Å². The van der Waals surface area contributed by atoms with Crippen molar-refractivity contribution in [1.29, 1.82) is 0 Å². The van der Waals surface area contributed by atoms with Crippen molar-refractivity contribution in [3.63, 3.8) is 0 Å². The van der Waals surface area contributed by atoms with Gasteiger partial charge in [0.25, 0.3) is 0 Å². The van der Waals surface area contributed by atoms with Gasteiger partial charge >= 0.3 is 0 Å². The monoisotopic (exact) mass is 221 g/mol. The van der Waals surface area contributed by atoms with E-state index in [2.05, 4.69) is 5.32 Å². The van der Waals surface area contributed by atoms with Crippen LogP contribution in [0.25, 0.3) is 0 Å². The predicted octanol–water partition coefficient (Wildman–Crippen LogP) is -3.08. The van der Waals surface area contributed by atoms with Crippen LogP contribution >= 0.6 is 0 Å². The second kappa shape index (κ2) is 4.86. The number of carbonyl (C=O) groups is 1. The largest absolute Gasteiger partial charge is 0.394 e. The molecular weight excluding hydrogens is 206 g/mol. The van der Waals surface area contributed by atoms with Gasteiger partial charge in [0, 0.05) is 6.92 Å². The van der Waals surface area contributed by atoms with E-state index in [1.54, 1.807) is 0 Å². The van der Waals surface area contributed by atoms with Gasteiger partial charge in [-0.1, -0.05) is 0 Å². The first kappa shape index (κ1) is 12.3. The van der Waals surface area contributed by atoms with E-state index in [1.165, 1.54) is 6.92 Å². The summed E-state index contributed by atoms with van der Waals surface area (Å²) < 4.78 is 4.73. The molecule has 0 spiro atoms. The topological polar surface area (TPSA) is 119 Å². The number of rotatable bonds is 2. The third kappa shape index (κ3) is 2.64. The maximum Gasteiger partial charge on any atom is 0.217 e. The van der Waals surface area contributed by atoms with Crippen molar-refractivity contribution in [2.24, 2.45) is 0 Å². The minimum Gasteiger partial charge on any atom is -0.394 e. The first-order chi connectivity index (χ1) is 6.97. The van der Waals surface area contributed by atoms with Crippen LogP contribution in [-0.2, 0) is 9.53 Å². The molecule has 1 aliphatic rings. The second-order valence-corrected chi connectivity index (χ2v) is 3.46. The highest BCUT2D eigenvalue weighted by Crippen LogP contribution is 2.19. The van der Waals surface area contributed by atoms with Crippen LogP contribution in [0.15, 0.2) is 0 Å². The molecule has 0 bridgehead atoms.